The fourth-order valence-electron chi connectivity index (χ4n) is 2.77. The summed E-state index contributed by atoms with van der Waals surface area (Å²) in [5.74, 6) is -5.09. The van der Waals surface area contributed by atoms with E-state index in [0.717, 1.165) is 0 Å². The molecule has 0 fully saturated rings. The molecule has 12 nitrogen and oxygen atoms in total. The SMILES string of the molecule is CC(C)[C@H](NC(=O)[C@H](CC(=O)O)NC(=O)CCCNC(=O)c1ccc(C(=N)N)cc1)C(=O)O. The monoisotopic (exact) mass is 463 g/mol. The number of carboxylic acids is 2. The molecule has 3 amide bonds. The van der Waals surface area contributed by atoms with Crippen LogP contribution in [-0.2, 0) is 19.2 Å². The molecular weight excluding hydrogens is 434 g/mol. The van der Waals surface area contributed by atoms with E-state index in [1.165, 1.54) is 24.3 Å². The molecule has 0 bridgehead atoms. The number of amides is 3. The number of amidine groups is 1. The maximum atomic E-state index is 12.3. The van der Waals surface area contributed by atoms with Crippen LogP contribution in [-0.4, -0.2) is 64.3 Å². The normalized spacial score (nSPS) is 12.3. The minimum absolute atomic E-state index is 0.0977. The first-order chi connectivity index (χ1) is 15.4. The minimum atomic E-state index is -1.44. The molecule has 1 rings (SSSR count). The van der Waals surface area contributed by atoms with Crippen LogP contribution in [0.2, 0.25) is 0 Å². The summed E-state index contributed by atoms with van der Waals surface area (Å²) < 4.78 is 0. The molecule has 0 aliphatic carbocycles. The van der Waals surface area contributed by atoms with Crippen molar-refractivity contribution in [3.8, 4) is 0 Å². The number of nitrogens with one attached hydrogen (secondary N) is 4. The van der Waals surface area contributed by atoms with E-state index in [1.54, 1.807) is 13.8 Å². The van der Waals surface area contributed by atoms with Crippen LogP contribution >= 0.6 is 0 Å². The maximum absolute atomic E-state index is 12.3. The molecule has 0 saturated carbocycles. The number of hydrogen-bond acceptors (Lipinski definition) is 6. The van der Waals surface area contributed by atoms with E-state index in [9.17, 15) is 29.1 Å². The van der Waals surface area contributed by atoms with Crippen LogP contribution < -0.4 is 21.7 Å². The lowest BCUT2D eigenvalue weighted by atomic mass is 10.0. The molecule has 1 aromatic rings. The van der Waals surface area contributed by atoms with Gasteiger partial charge in [0.2, 0.25) is 11.8 Å². The van der Waals surface area contributed by atoms with E-state index in [4.69, 9.17) is 16.2 Å². The molecule has 2 atom stereocenters. The summed E-state index contributed by atoms with van der Waals surface area (Å²) in [6, 6.07) is 3.42. The van der Waals surface area contributed by atoms with Gasteiger partial charge in [-0.25, -0.2) is 4.79 Å². The zero-order valence-corrected chi connectivity index (χ0v) is 18.4. The van der Waals surface area contributed by atoms with E-state index >= 15 is 0 Å². The number of hydrogen-bond donors (Lipinski definition) is 7. The van der Waals surface area contributed by atoms with E-state index in [2.05, 4.69) is 16.0 Å². The number of nitrogens with two attached hydrogens (primary N) is 1. The van der Waals surface area contributed by atoms with E-state index in [-0.39, 0.29) is 31.1 Å². The molecule has 8 N–H and O–H groups in total. The molecule has 12 heteroatoms. The van der Waals surface area contributed by atoms with Crippen molar-refractivity contribution >= 4 is 35.5 Å². The highest BCUT2D eigenvalue weighted by Crippen LogP contribution is 2.05. The quantitative estimate of drug-likeness (QED) is 0.117. The van der Waals surface area contributed by atoms with Crippen molar-refractivity contribution in [2.75, 3.05) is 6.54 Å². The summed E-state index contributed by atoms with van der Waals surface area (Å²) >= 11 is 0. The fourth-order valence-corrected chi connectivity index (χ4v) is 2.77. The fraction of sp³-hybridized carbons (Fsp3) is 0.429. The Morgan fingerprint density at radius 2 is 1.58 bits per heavy atom. The highest BCUT2D eigenvalue weighted by atomic mass is 16.4. The molecule has 1 aromatic carbocycles. The zero-order valence-electron chi connectivity index (χ0n) is 18.4. The third kappa shape index (κ3) is 9.37. The topological polar surface area (TPSA) is 212 Å². The summed E-state index contributed by atoms with van der Waals surface area (Å²) in [6.45, 7) is 3.30. The highest BCUT2D eigenvalue weighted by Gasteiger charge is 2.29. The molecule has 180 valence electrons. The van der Waals surface area contributed by atoms with Crippen molar-refractivity contribution in [3.63, 3.8) is 0 Å². The van der Waals surface area contributed by atoms with Crippen molar-refractivity contribution in [1.29, 1.82) is 5.41 Å². The van der Waals surface area contributed by atoms with Crippen LogP contribution in [0.5, 0.6) is 0 Å². The molecular formula is C21H29N5O7. The second-order valence-electron chi connectivity index (χ2n) is 7.64. The van der Waals surface area contributed by atoms with Gasteiger partial charge < -0.3 is 31.9 Å². The number of aliphatic carboxylic acids is 2. The number of carboxylic acid groups (broad SMARTS) is 2. The van der Waals surface area contributed by atoms with Gasteiger partial charge in [-0.2, -0.15) is 0 Å². The second kappa shape index (κ2) is 12.8. The van der Waals surface area contributed by atoms with Gasteiger partial charge in [-0.05, 0) is 24.5 Å². The van der Waals surface area contributed by atoms with Gasteiger partial charge in [-0.3, -0.25) is 24.6 Å². The van der Waals surface area contributed by atoms with Gasteiger partial charge in [0, 0.05) is 24.1 Å². The van der Waals surface area contributed by atoms with Crippen LogP contribution in [0.25, 0.3) is 0 Å². The predicted octanol–water partition coefficient (Wildman–Crippen LogP) is -0.334. The summed E-state index contributed by atoms with van der Waals surface area (Å²) in [7, 11) is 0. The summed E-state index contributed by atoms with van der Waals surface area (Å²) in [4.78, 5) is 58.9. The number of benzene rings is 1. The first-order valence-corrected chi connectivity index (χ1v) is 10.2. The Kier molecular flexibility index (Phi) is 10.5. The number of nitrogen functional groups attached to an aromatic ring is 1. The lowest BCUT2D eigenvalue weighted by Crippen LogP contribution is -2.53. The van der Waals surface area contributed by atoms with Crippen molar-refractivity contribution in [2.24, 2.45) is 11.7 Å². The smallest absolute Gasteiger partial charge is 0.326 e. The first-order valence-electron chi connectivity index (χ1n) is 10.2. The standard InChI is InChI=1S/C21H29N5O7/c1-11(2)17(21(32)33)26-20(31)14(10-16(28)29)25-15(27)4-3-9-24-19(30)13-7-5-12(6-8-13)18(22)23/h5-8,11,14,17H,3-4,9-10H2,1-2H3,(H3,22,23)(H,24,30)(H,25,27)(H,26,31)(H,28,29)(H,32,33)/t14-,17-/m0/s1. The molecule has 33 heavy (non-hydrogen) atoms. The van der Waals surface area contributed by atoms with Gasteiger partial charge >= 0.3 is 11.9 Å². The molecule has 0 spiro atoms. The van der Waals surface area contributed by atoms with Gasteiger partial charge in [-0.1, -0.05) is 26.0 Å². The molecule has 0 unspecified atom stereocenters. The highest BCUT2D eigenvalue weighted by molar-refractivity contribution is 5.98. The van der Waals surface area contributed by atoms with Crippen LogP contribution in [0.15, 0.2) is 24.3 Å². The van der Waals surface area contributed by atoms with Crippen LogP contribution in [0.4, 0.5) is 0 Å². The molecule has 0 saturated heterocycles. The summed E-state index contributed by atoms with van der Waals surface area (Å²) in [5.41, 5.74) is 6.18. The Labute approximate surface area is 190 Å². The third-order valence-corrected chi connectivity index (χ3v) is 4.59. The Bertz CT molecular complexity index is 899. The summed E-state index contributed by atoms with van der Waals surface area (Å²) in [5, 5.41) is 32.7. The largest absolute Gasteiger partial charge is 0.481 e. The zero-order chi connectivity index (χ0) is 25.1. The van der Waals surface area contributed by atoms with Crippen molar-refractivity contribution in [1.82, 2.24) is 16.0 Å². The van der Waals surface area contributed by atoms with Crippen molar-refractivity contribution < 1.29 is 34.2 Å². The van der Waals surface area contributed by atoms with Crippen molar-refractivity contribution in [2.45, 2.75) is 45.2 Å². The van der Waals surface area contributed by atoms with Gasteiger partial charge in [0.15, 0.2) is 0 Å². The van der Waals surface area contributed by atoms with Gasteiger partial charge in [-0.15, -0.1) is 0 Å². The number of rotatable bonds is 13. The maximum Gasteiger partial charge on any atom is 0.326 e. The third-order valence-electron chi connectivity index (χ3n) is 4.59. The van der Waals surface area contributed by atoms with Crippen LogP contribution in [0.1, 0.15) is 49.0 Å². The Morgan fingerprint density at radius 3 is 2.06 bits per heavy atom. The van der Waals surface area contributed by atoms with E-state index in [0.29, 0.717) is 11.1 Å². The number of carbonyl (C=O) groups is 5. The Hall–Kier alpha value is -3.96. The molecule has 0 heterocycles. The lowest BCUT2D eigenvalue weighted by molar-refractivity contribution is -0.144. The van der Waals surface area contributed by atoms with Crippen molar-refractivity contribution in [3.05, 3.63) is 35.4 Å². The minimum Gasteiger partial charge on any atom is -0.481 e. The molecule has 0 aliphatic heterocycles. The lowest BCUT2D eigenvalue weighted by Gasteiger charge is -2.22. The Morgan fingerprint density at radius 1 is 1.00 bits per heavy atom. The average molecular weight is 463 g/mol. The van der Waals surface area contributed by atoms with E-state index in [1.807, 2.05) is 0 Å². The van der Waals surface area contributed by atoms with Crippen LogP contribution in [0.3, 0.4) is 0 Å². The first kappa shape index (κ1) is 27.1. The molecule has 0 aliphatic rings. The average Bonchev–Trinajstić information content (AvgIpc) is 2.73. The predicted molar refractivity (Wildman–Crippen MR) is 118 cm³/mol. The second-order valence-corrected chi connectivity index (χ2v) is 7.64. The number of carbonyl (C=O) groups excluding carboxylic acids is 3. The van der Waals surface area contributed by atoms with E-state index < -0.39 is 48.2 Å². The summed E-state index contributed by atoms with van der Waals surface area (Å²) in [6.07, 6.45) is -0.594. The van der Waals surface area contributed by atoms with Gasteiger partial charge in [0.05, 0.1) is 6.42 Å². The van der Waals surface area contributed by atoms with Crippen LogP contribution in [0, 0.1) is 11.3 Å². The molecule has 0 radical (unpaired) electrons. The van der Waals surface area contributed by atoms with Gasteiger partial charge in [0.1, 0.15) is 17.9 Å². The van der Waals surface area contributed by atoms with Gasteiger partial charge in [0.25, 0.3) is 5.91 Å². The molecule has 0 aromatic heterocycles. The Balaban J connectivity index is 2.56.